The molecule has 0 spiro atoms. The Morgan fingerprint density at radius 1 is 1.28 bits per heavy atom. The van der Waals surface area contributed by atoms with E-state index in [1.807, 2.05) is 37.3 Å². The fourth-order valence-electron chi connectivity index (χ4n) is 3.44. The number of aryl methyl sites for hydroxylation is 1. The van der Waals surface area contributed by atoms with E-state index in [2.05, 4.69) is 20.8 Å². The predicted octanol–water partition coefficient (Wildman–Crippen LogP) is 2.10. The third-order valence-electron chi connectivity index (χ3n) is 4.96. The molecule has 1 aromatic heterocycles. The van der Waals surface area contributed by atoms with Crippen molar-refractivity contribution in [1.29, 1.82) is 0 Å². The molecule has 1 aromatic carbocycles. The molecule has 2 aromatic rings. The number of carbonyl (C=O) groups is 3. The maximum absolute atomic E-state index is 12.7. The standard InChI is InChI=1S/C20H21N5O4S3/c1-11-23-24-20(32-11)31-10-13-9-30-17-14(16(26)25(17)15(13)18(27)28)22-19(29)21-8-7-12-5-3-2-4-6-12/h2-6,14,17H,7-10H2,1H3,(H,27,28)(H2,21,22,29)/t14?,17-/m1/s1. The summed E-state index contributed by atoms with van der Waals surface area (Å²) in [6, 6.07) is 8.58. The normalized spacial score (nSPS) is 19.9. The van der Waals surface area contributed by atoms with E-state index in [0.717, 1.165) is 14.9 Å². The number of nitrogens with one attached hydrogen (secondary N) is 2. The summed E-state index contributed by atoms with van der Waals surface area (Å²) in [6.07, 6.45) is 0.679. The van der Waals surface area contributed by atoms with Gasteiger partial charge in [-0.05, 0) is 24.5 Å². The van der Waals surface area contributed by atoms with Gasteiger partial charge in [-0.1, -0.05) is 53.4 Å². The number of carbonyl (C=O) groups excluding carboxylic acids is 2. The first-order valence-electron chi connectivity index (χ1n) is 9.85. The van der Waals surface area contributed by atoms with E-state index in [4.69, 9.17) is 0 Å². The Bertz CT molecular complexity index is 1060. The van der Waals surface area contributed by atoms with Crippen molar-refractivity contribution in [2.24, 2.45) is 0 Å². The molecule has 0 aliphatic carbocycles. The third kappa shape index (κ3) is 4.92. The van der Waals surface area contributed by atoms with Crippen molar-refractivity contribution in [3.63, 3.8) is 0 Å². The Morgan fingerprint density at radius 3 is 2.75 bits per heavy atom. The number of fused-ring (bicyclic) bond motifs is 1. The minimum absolute atomic E-state index is 0.00928. The minimum Gasteiger partial charge on any atom is -0.477 e. The summed E-state index contributed by atoms with van der Waals surface area (Å²) in [7, 11) is 0. The van der Waals surface area contributed by atoms with Gasteiger partial charge in [-0.2, -0.15) is 0 Å². The van der Waals surface area contributed by atoms with E-state index in [9.17, 15) is 19.5 Å². The highest BCUT2D eigenvalue weighted by atomic mass is 32.2. The van der Waals surface area contributed by atoms with Crippen LogP contribution in [0.2, 0.25) is 0 Å². The summed E-state index contributed by atoms with van der Waals surface area (Å²) in [4.78, 5) is 38.2. The van der Waals surface area contributed by atoms with Gasteiger partial charge in [-0.15, -0.1) is 22.0 Å². The number of β-lactam (4-membered cyclic amide) rings is 1. The van der Waals surface area contributed by atoms with Crippen LogP contribution in [0.3, 0.4) is 0 Å². The van der Waals surface area contributed by atoms with Crippen LogP contribution in [-0.4, -0.2) is 67.6 Å². The zero-order valence-electron chi connectivity index (χ0n) is 17.1. The lowest BCUT2D eigenvalue weighted by Gasteiger charge is -2.49. The van der Waals surface area contributed by atoms with Gasteiger partial charge in [0, 0.05) is 18.1 Å². The largest absolute Gasteiger partial charge is 0.477 e. The minimum atomic E-state index is -1.14. The molecule has 2 atom stereocenters. The average molecular weight is 492 g/mol. The van der Waals surface area contributed by atoms with Crippen molar-refractivity contribution in [2.75, 3.05) is 18.1 Å². The zero-order valence-corrected chi connectivity index (χ0v) is 19.6. The van der Waals surface area contributed by atoms with Gasteiger partial charge in [0.15, 0.2) is 4.34 Å². The van der Waals surface area contributed by atoms with Crippen molar-refractivity contribution in [2.45, 2.75) is 29.1 Å². The monoisotopic (exact) mass is 491 g/mol. The van der Waals surface area contributed by atoms with Crippen LogP contribution in [0.25, 0.3) is 0 Å². The van der Waals surface area contributed by atoms with Gasteiger partial charge in [-0.25, -0.2) is 9.59 Å². The van der Waals surface area contributed by atoms with Crippen LogP contribution < -0.4 is 10.6 Å². The molecule has 2 aliphatic heterocycles. The second-order valence-electron chi connectivity index (χ2n) is 7.16. The van der Waals surface area contributed by atoms with Crippen molar-refractivity contribution >= 4 is 52.8 Å². The lowest BCUT2D eigenvalue weighted by atomic mass is 10.0. The van der Waals surface area contributed by atoms with E-state index in [0.29, 0.717) is 30.0 Å². The third-order valence-corrected chi connectivity index (χ3v) is 8.35. The second kappa shape index (κ2) is 9.92. The molecule has 9 nitrogen and oxygen atoms in total. The molecule has 0 saturated carbocycles. The Kier molecular flexibility index (Phi) is 7.01. The lowest BCUT2D eigenvalue weighted by Crippen LogP contribution is -2.71. The van der Waals surface area contributed by atoms with E-state index in [1.165, 1.54) is 39.8 Å². The van der Waals surface area contributed by atoms with Crippen LogP contribution in [0, 0.1) is 6.92 Å². The SMILES string of the molecule is Cc1nnc(SCC2=C(C(=O)O)N3C(=O)C(NC(=O)NCCc4ccccc4)[C@H]3SC2)s1. The number of aromatic nitrogens is 2. The molecule has 32 heavy (non-hydrogen) atoms. The molecule has 0 bridgehead atoms. The fourth-order valence-corrected chi connectivity index (χ4v) is 6.74. The van der Waals surface area contributed by atoms with Crippen LogP contribution in [0.15, 0.2) is 45.9 Å². The number of amides is 3. The number of thioether (sulfide) groups is 2. The maximum atomic E-state index is 12.7. The van der Waals surface area contributed by atoms with E-state index < -0.39 is 29.3 Å². The lowest BCUT2D eigenvalue weighted by molar-refractivity contribution is -0.148. The first-order chi connectivity index (χ1) is 15.4. The molecule has 3 heterocycles. The van der Waals surface area contributed by atoms with Crippen LogP contribution >= 0.6 is 34.9 Å². The summed E-state index contributed by atoms with van der Waals surface area (Å²) < 4.78 is 0.758. The number of benzene rings is 1. The molecule has 0 radical (unpaired) electrons. The van der Waals surface area contributed by atoms with Crippen LogP contribution in [-0.2, 0) is 16.0 Å². The Hall–Kier alpha value is -2.57. The van der Waals surface area contributed by atoms with Gasteiger partial charge >= 0.3 is 12.0 Å². The summed E-state index contributed by atoms with van der Waals surface area (Å²) in [5.74, 6) is -0.669. The Labute approximate surface area is 197 Å². The van der Waals surface area contributed by atoms with Gasteiger partial charge in [0.2, 0.25) is 0 Å². The number of nitrogens with zero attached hydrogens (tertiary/aromatic N) is 3. The van der Waals surface area contributed by atoms with Gasteiger partial charge in [0.05, 0.1) is 0 Å². The molecule has 1 unspecified atom stereocenters. The Balaban J connectivity index is 1.34. The molecular weight excluding hydrogens is 470 g/mol. The number of carboxylic acids is 1. The summed E-state index contributed by atoms with van der Waals surface area (Å²) >= 11 is 4.30. The molecule has 4 rings (SSSR count). The molecule has 3 N–H and O–H groups in total. The number of hydrogen-bond acceptors (Lipinski definition) is 8. The Morgan fingerprint density at radius 2 is 2.06 bits per heavy atom. The molecule has 12 heteroatoms. The van der Waals surface area contributed by atoms with Gasteiger partial charge in [0.1, 0.15) is 22.1 Å². The van der Waals surface area contributed by atoms with Crippen molar-refractivity contribution in [3.8, 4) is 0 Å². The zero-order chi connectivity index (χ0) is 22.7. The maximum Gasteiger partial charge on any atom is 0.352 e. The quantitative estimate of drug-likeness (QED) is 0.379. The van der Waals surface area contributed by atoms with Crippen LogP contribution in [0.4, 0.5) is 4.79 Å². The summed E-state index contributed by atoms with van der Waals surface area (Å²) in [6.45, 7) is 2.29. The number of rotatable bonds is 8. The number of urea groups is 1. The predicted molar refractivity (Wildman–Crippen MR) is 124 cm³/mol. The highest BCUT2D eigenvalue weighted by molar-refractivity contribution is 8.01. The van der Waals surface area contributed by atoms with Gasteiger partial charge < -0.3 is 15.7 Å². The van der Waals surface area contributed by atoms with Gasteiger partial charge in [-0.3, -0.25) is 9.69 Å². The molecule has 1 fully saturated rings. The van der Waals surface area contributed by atoms with Crippen LogP contribution in [0.5, 0.6) is 0 Å². The highest BCUT2D eigenvalue weighted by Gasteiger charge is 2.54. The molecule has 3 amide bonds. The number of carboxylic acid groups (broad SMARTS) is 1. The average Bonchev–Trinajstić information content (AvgIpc) is 3.21. The first kappa shape index (κ1) is 22.6. The van der Waals surface area contributed by atoms with Crippen molar-refractivity contribution in [3.05, 3.63) is 52.2 Å². The molecule has 168 valence electrons. The van der Waals surface area contributed by atoms with Crippen molar-refractivity contribution in [1.82, 2.24) is 25.7 Å². The first-order valence-corrected chi connectivity index (χ1v) is 12.7. The highest BCUT2D eigenvalue weighted by Crippen LogP contribution is 2.41. The molecular formula is C20H21N5O4S3. The van der Waals surface area contributed by atoms with E-state index in [-0.39, 0.29) is 5.70 Å². The smallest absolute Gasteiger partial charge is 0.352 e. The molecule has 1 saturated heterocycles. The van der Waals surface area contributed by atoms with Crippen molar-refractivity contribution < 1.29 is 19.5 Å². The van der Waals surface area contributed by atoms with E-state index >= 15 is 0 Å². The summed E-state index contributed by atoms with van der Waals surface area (Å²) in [5, 5.41) is 23.6. The number of aliphatic carboxylic acids is 1. The molecule has 2 aliphatic rings. The fraction of sp³-hybridized carbons (Fsp3) is 0.350. The topological polar surface area (TPSA) is 125 Å². The van der Waals surface area contributed by atoms with Crippen LogP contribution in [0.1, 0.15) is 10.6 Å². The summed E-state index contributed by atoms with van der Waals surface area (Å²) in [5.41, 5.74) is 1.78. The van der Waals surface area contributed by atoms with Gasteiger partial charge in [0.25, 0.3) is 5.91 Å². The van der Waals surface area contributed by atoms with E-state index in [1.54, 1.807) is 0 Å². The number of hydrogen-bond donors (Lipinski definition) is 3. The second-order valence-corrected chi connectivity index (χ2v) is 10.7.